The highest BCUT2D eigenvalue weighted by molar-refractivity contribution is 6.30. The van der Waals surface area contributed by atoms with Crippen LogP contribution >= 0.6 is 11.6 Å². The number of carboxylic acid groups (broad SMARTS) is 1. The minimum Gasteiger partial charge on any atom is -0.478 e. The molecule has 0 fully saturated rings. The van der Waals surface area contributed by atoms with E-state index >= 15 is 0 Å². The quantitative estimate of drug-likeness (QED) is 0.536. The Bertz CT molecular complexity index is 968. The maximum atomic E-state index is 13.0. The van der Waals surface area contributed by atoms with E-state index in [2.05, 4.69) is 5.32 Å². The third kappa shape index (κ3) is 4.49. The fourth-order valence-electron chi connectivity index (χ4n) is 2.45. The maximum absolute atomic E-state index is 13.0. The van der Waals surface area contributed by atoms with Gasteiger partial charge in [0.15, 0.2) is 0 Å². The standard InChI is InChI=1S/C21H15ClFNO2/c22-16-3-1-2-14(12-16)4-5-15-6-11-19(21(25)26)20(13-15)24-18-9-7-17(23)8-10-18/h1-13,24H,(H,25,26). The highest BCUT2D eigenvalue weighted by Crippen LogP contribution is 2.24. The summed E-state index contributed by atoms with van der Waals surface area (Å²) in [6.07, 6.45) is 3.76. The molecule has 0 heterocycles. The first kappa shape index (κ1) is 17.7. The summed E-state index contributed by atoms with van der Waals surface area (Å²) in [4.78, 5) is 11.5. The van der Waals surface area contributed by atoms with Gasteiger partial charge < -0.3 is 10.4 Å². The molecule has 3 aromatic carbocycles. The zero-order chi connectivity index (χ0) is 18.5. The van der Waals surface area contributed by atoms with Gasteiger partial charge >= 0.3 is 5.97 Å². The van der Waals surface area contributed by atoms with Gasteiger partial charge in [0.25, 0.3) is 0 Å². The summed E-state index contributed by atoms with van der Waals surface area (Å²) in [5.74, 6) is -1.40. The average molecular weight is 368 g/mol. The molecule has 0 saturated carbocycles. The van der Waals surface area contributed by atoms with Crippen LogP contribution in [0.2, 0.25) is 5.02 Å². The van der Waals surface area contributed by atoms with Gasteiger partial charge in [-0.2, -0.15) is 0 Å². The molecule has 130 valence electrons. The normalized spacial score (nSPS) is 10.8. The van der Waals surface area contributed by atoms with Crippen molar-refractivity contribution in [3.8, 4) is 0 Å². The van der Waals surface area contributed by atoms with Crippen molar-refractivity contribution in [1.29, 1.82) is 0 Å². The Kier molecular flexibility index (Phi) is 5.34. The van der Waals surface area contributed by atoms with Crippen molar-refractivity contribution in [3.63, 3.8) is 0 Å². The van der Waals surface area contributed by atoms with Crippen molar-refractivity contribution in [2.24, 2.45) is 0 Å². The molecule has 0 saturated heterocycles. The molecule has 0 amide bonds. The lowest BCUT2D eigenvalue weighted by Crippen LogP contribution is -2.03. The zero-order valence-electron chi connectivity index (χ0n) is 13.6. The summed E-state index contributed by atoms with van der Waals surface area (Å²) < 4.78 is 13.0. The zero-order valence-corrected chi connectivity index (χ0v) is 14.4. The number of rotatable bonds is 5. The lowest BCUT2D eigenvalue weighted by molar-refractivity contribution is 0.0698. The van der Waals surface area contributed by atoms with E-state index in [-0.39, 0.29) is 11.4 Å². The van der Waals surface area contributed by atoms with Crippen LogP contribution in [0.5, 0.6) is 0 Å². The van der Waals surface area contributed by atoms with E-state index in [1.807, 2.05) is 30.4 Å². The summed E-state index contributed by atoms with van der Waals surface area (Å²) in [5.41, 5.74) is 2.92. The van der Waals surface area contributed by atoms with Crippen LogP contribution in [0.4, 0.5) is 15.8 Å². The van der Waals surface area contributed by atoms with Gasteiger partial charge in [0.05, 0.1) is 11.3 Å². The van der Waals surface area contributed by atoms with Crippen LogP contribution in [0.15, 0.2) is 66.7 Å². The minimum atomic E-state index is -1.04. The van der Waals surface area contributed by atoms with Crippen molar-refractivity contribution < 1.29 is 14.3 Å². The Morgan fingerprint density at radius 2 is 1.65 bits per heavy atom. The van der Waals surface area contributed by atoms with Crippen LogP contribution in [0.25, 0.3) is 12.2 Å². The van der Waals surface area contributed by atoms with Gasteiger partial charge in [-0.25, -0.2) is 9.18 Å². The monoisotopic (exact) mass is 367 g/mol. The number of hydrogen-bond donors (Lipinski definition) is 2. The highest BCUT2D eigenvalue weighted by Gasteiger charge is 2.10. The van der Waals surface area contributed by atoms with Gasteiger partial charge in [-0.15, -0.1) is 0 Å². The van der Waals surface area contributed by atoms with Crippen molar-refractivity contribution in [3.05, 3.63) is 94.3 Å². The maximum Gasteiger partial charge on any atom is 0.337 e. The summed E-state index contributed by atoms with van der Waals surface area (Å²) in [6.45, 7) is 0. The first-order valence-electron chi connectivity index (χ1n) is 7.85. The van der Waals surface area contributed by atoms with Gasteiger partial charge in [-0.1, -0.05) is 42.0 Å². The lowest BCUT2D eigenvalue weighted by atomic mass is 10.1. The second kappa shape index (κ2) is 7.85. The number of halogens is 2. The van der Waals surface area contributed by atoms with Crippen molar-refractivity contribution in [2.45, 2.75) is 0 Å². The summed E-state index contributed by atoms with van der Waals surface area (Å²) in [5, 5.41) is 13.1. The molecule has 3 nitrogen and oxygen atoms in total. The molecular formula is C21H15ClFNO2. The molecule has 0 radical (unpaired) electrons. The predicted molar refractivity (Wildman–Crippen MR) is 103 cm³/mol. The van der Waals surface area contributed by atoms with Crippen molar-refractivity contribution in [2.75, 3.05) is 5.32 Å². The Labute approximate surface area is 155 Å². The molecule has 3 aromatic rings. The number of benzene rings is 3. The molecular weight excluding hydrogens is 353 g/mol. The van der Waals surface area contributed by atoms with Gasteiger partial charge in [0.1, 0.15) is 5.82 Å². The van der Waals surface area contributed by atoms with E-state index in [0.29, 0.717) is 16.4 Å². The largest absolute Gasteiger partial charge is 0.478 e. The predicted octanol–water partition coefficient (Wildman–Crippen LogP) is 6.09. The molecule has 0 aliphatic rings. The second-order valence-corrected chi connectivity index (χ2v) is 6.07. The molecule has 0 spiro atoms. The summed E-state index contributed by atoms with van der Waals surface area (Å²) >= 11 is 5.97. The van der Waals surface area contributed by atoms with E-state index in [0.717, 1.165) is 11.1 Å². The van der Waals surface area contributed by atoms with E-state index in [1.54, 1.807) is 30.3 Å². The topological polar surface area (TPSA) is 49.3 Å². The Morgan fingerprint density at radius 1 is 0.962 bits per heavy atom. The second-order valence-electron chi connectivity index (χ2n) is 5.63. The first-order valence-corrected chi connectivity index (χ1v) is 8.23. The SMILES string of the molecule is O=C(O)c1ccc(C=Cc2cccc(Cl)c2)cc1Nc1ccc(F)cc1. The molecule has 0 aliphatic heterocycles. The first-order chi connectivity index (χ1) is 12.5. The number of carboxylic acids is 1. The smallest absolute Gasteiger partial charge is 0.337 e. The highest BCUT2D eigenvalue weighted by atomic mass is 35.5. The van der Waals surface area contributed by atoms with E-state index in [4.69, 9.17) is 11.6 Å². The van der Waals surface area contributed by atoms with Crippen molar-refractivity contribution in [1.82, 2.24) is 0 Å². The third-order valence-electron chi connectivity index (χ3n) is 3.71. The molecule has 0 aromatic heterocycles. The van der Waals surface area contributed by atoms with Gasteiger partial charge in [-0.3, -0.25) is 0 Å². The van der Waals surface area contributed by atoms with Crippen LogP contribution < -0.4 is 5.32 Å². The van der Waals surface area contributed by atoms with Crippen LogP contribution in [-0.2, 0) is 0 Å². The van der Waals surface area contributed by atoms with Crippen LogP contribution in [0.3, 0.4) is 0 Å². The molecule has 26 heavy (non-hydrogen) atoms. The summed E-state index contributed by atoms with van der Waals surface area (Å²) in [6, 6.07) is 18.1. The Morgan fingerprint density at radius 3 is 2.31 bits per heavy atom. The van der Waals surface area contributed by atoms with Gasteiger partial charge in [0, 0.05) is 10.7 Å². The van der Waals surface area contributed by atoms with E-state index in [9.17, 15) is 14.3 Å². The molecule has 0 bridgehead atoms. The van der Waals surface area contributed by atoms with Gasteiger partial charge in [0.2, 0.25) is 0 Å². The molecule has 0 atom stereocenters. The minimum absolute atomic E-state index is 0.134. The van der Waals surface area contributed by atoms with Crippen molar-refractivity contribution >= 4 is 41.1 Å². The number of nitrogens with one attached hydrogen (secondary N) is 1. The van der Waals surface area contributed by atoms with Crippen LogP contribution in [0.1, 0.15) is 21.5 Å². The lowest BCUT2D eigenvalue weighted by Gasteiger charge is -2.11. The third-order valence-corrected chi connectivity index (χ3v) is 3.95. The van der Waals surface area contributed by atoms with Crippen LogP contribution in [0, 0.1) is 5.82 Å². The molecule has 2 N–H and O–H groups in total. The number of carbonyl (C=O) groups is 1. The molecule has 0 unspecified atom stereocenters. The molecule has 5 heteroatoms. The molecule has 0 aliphatic carbocycles. The molecule has 3 rings (SSSR count). The fourth-order valence-corrected chi connectivity index (χ4v) is 2.65. The van der Waals surface area contributed by atoms with Gasteiger partial charge in [-0.05, 0) is 59.7 Å². The summed E-state index contributed by atoms with van der Waals surface area (Å²) in [7, 11) is 0. The number of hydrogen-bond acceptors (Lipinski definition) is 2. The number of aromatic carboxylic acids is 1. The van der Waals surface area contributed by atoms with Crippen LogP contribution in [-0.4, -0.2) is 11.1 Å². The number of anilines is 2. The van der Waals surface area contributed by atoms with E-state index in [1.165, 1.54) is 18.2 Å². The average Bonchev–Trinajstić information content (AvgIpc) is 2.62. The Balaban J connectivity index is 1.90. The Hall–Kier alpha value is -3.11. The fraction of sp³-hybridized carbons (Fsp3) is 0. The van der Waals surface area contributed by atoms with E-state index < -0.39 is 5.97 Å².